The number of benzene rings is 1. The second-order valence-electron chi connectivity index (χ2n) is 9.26. The minimum Gasteiger partial charge on any atom is -0.369 e. The molecule has 1 aliphatic heterocycles. The molecule has 4 aliphatic carbocycles. The van der Waals surface area contributed by atoms with Gasteiger partial charge in [0.2, 0.25) is 5.91 Å². The van der Waals surface area contributed by atoms with E-state index in [-0.39, 0.29) is 5.41 Å². The number of rotatable bonds is 5. The van der Waals surface area contributed by atoms with E-state index in [9.17, 15) is 4.79 Å². The Morgan fingerprint density at radius 3 is 2.56 bits per heavy atom. The van der Waals surface area contributed by atoms with Gasteiger partial charge in [0.1, 0.15) is 0 Å². The van der Waals surface area contributed by atoms with E-state index in [4.69, 9.17) is 11.6 Å². The van der Waals surface area contributed by atoms with E-state index in [1.807, 2.05) is 18.2 Å². The molecule has 4 saturated carbocycles. The first-order chi connectivity index (χ1) is 13.1. The van der Waals surface area contributed by atoms with Gasteiger partial charge in [-0.3, -0.25) is 9.69 Å². The third-order valence-corrected chi connectivity index (χ3v) is 7.94. The first-order valence-electron chi connectivity index (χ1n) is 10.6. The molecule has 27 heavy (non-hydrogen) atoms. The highest BCUT2D eigenvalue weighted by Gasteiger charge is 2.61. The van der Waals surface area contributed by atoms with Gasteiger partial charge in [-0.25, -0.2) is 0 Å². The smallest absolute Gasteiger partial charge is 0.226 e. The van der Waals surface area contributed by atoms with Gasteiger partial charge in [0.15, 0.2) is 0 Å². The van der Waals surface area contributed by atoms with Crippen LogP contribution in [0.3, 0.4) is 0 Å². The van der Waals surface area contributed by atoms with Crippen LogP contribution >= 0.6 is 11.6 Å². The standard InChI is InChI=1S/C22H30ClN3O/c23-19-2-1-3-20(13-19)26-8-6-25(7-9-26)5-4-24-21(27)22-14-16-10-17(15-22)12-18(22)11-16/h1-3,13,16-18H,4-12,14-15H2,(H,24,27)/t16-,17+,18?,22?. The lowest BCUT2D eigenvalue weighted by Crippen LogP contribution is -2.50. The van der Waals surface area contributed by atoms with Crippen molar-refractivity contribution in [1.29, 1.82) is 0 Å². The van der Waals surface area contributed by atoms with Crippen molar-refractivity contribution in [1.82, 2.24) is 10.2 Å². The van der Waals surface area contributed by atoms with Crippen molar-refractivity contribution >= 4 is 23.2 Å². The highest BCUT2D eigenvalue weighted by Crippen LogP contribution is 2.65. The number of halogens is 1. The van der Waals surface area contributed by atoms with Gasteiger partial charge in [0.05, 0.1) is 5.41 Å². The summed E-state index contributed by atoms with van der Waals surface area (Å²) in [4.78, 5) is 17.8. The van der Waals surface area contributed by atoms with Crippen LogP contribution in [0.25, 0.3) is 0 Å². The van der Waals surface area contributed by atoms with Gasteiger partial charge in [-0.2, -0.15) is 0 Å². The molecule has 4 bridgehead atoms. The predicted octanol–water partition coefficient (Wildman–Crippen LogP) is 3.40. The molecule has 6 rings (SSSR count). The number of anilines is 1. The van der Waals surface area contributed by atoms with Gasteiger partial charge in [0, 0.05) is 50.0 Å². The van der Waals surface area contributed by atoms with Crippen LogP contribution in [-0.2, 0) is 4.79 Å². The molecule has 1 heterocycles. The summed E-state index contributed by atoms with van der Waals surface area (Å²) in [6.07, 6.45) is 6.35. The molecule has 0 radical (unpaired) electrons. The maximum atomic E-state index is 13.0. The van der Waals surface area contributed by atoms with Gasteiger partial charge >= 0.3 is 0 Å². The molecule has 0 aromatic heterocycles. The fourth-order valence-corrected chi connectivity index (χ4v) is 6.76. The number of nitrogens with one attached hydrogen (secondary N) is 1. The molecule has 0 spiro atoms. The Bertz CT molecular complexity index is 701. The summed E-state index contributed by atoms with van der Waals surface area (Å²) in [6, 6.07) is 8.11. The van der Waals surface area contributed by atoms with Crippen LogP contribution in [0.5, 0.6) is 0 Å². The molecular formula is C22H30ClN3O. The lowest BCUT2D eigenvalue weighted by Gasteiger charge is -2.36. The molecule has 1 aromatic carbocycles. The van der Waals surface area contributed by atoms with E-state index in [0.29, 0.717) is 11.8 Å². The molecule has 5 heteroatoms. The van der Waals surface area contributed by atoms with Gasteiger partial charge in [-0.15, -0.1) is 0 Å². The van der Waals surface area contributed by atoms with Crippen molar-refractivity contribution in [2.24, 2.45) is 23.2 Å². The van der Waals surface area contributed by atoms with Crippen molar-refractivity contribution in [3.63, 3.8) is 0 Å². The molecule has 4 atom stereocenters. The number of nitrogens with zero attached hydrogens (tertiary/aromatic N) is 2. The van der Waals surface area contributed by atoms with E-state index < -0.39 is 0 Å². The van der Waals surface area contributed by atoms with Crippen molar-refractivity contribution in [2.45, 2.75) is 32.1 Å². The average molecular weight is 388 g/mol. The SMILES string of the molecule is O=C(NCCN1CCN(c2cccc(Cl)c2)CC1)C12C[C@@H]3CC1C[C@@H](C3)C2. The Labute approximate surface area is 167 Å². The second-order valence-corrected chi connectivity index (χ2v) is 9.70. The summed E-state index contributed by atoms with van der Waals surface area (Å²) in [5.74, 6) is 2.73. The molecule has 1 amide bonds. The lowest BCUT2D eigenvalue weighted by molar-refractivity contribution is -0.132. The first-order valence-corrected chi connectivity index (χ1v) is 11.0. The fourth-order valence-electron chi connectivity index (χ4n) is 6.57. The Morgan fingerprint density at radius 2 is 1.85 bits per heavy atom. The number of carbonyl (C=O) groups is 1. The normalized spacial score (nSPS) is 35.0. The molecule has 1 aromatic rings. The number of hydrogen-bond donors (Lipinski definition) is 1. The van der Waals surface area contributed by atoms with Crippen LogP contribution in [0.4, 0.5) is 5.69 Å². The molecular weight excluding hydrogens is 358 g/mol. The number of piperazine rings is 1. The second kappa shape index (κ2) is 6.97. The Kier molecular flexibility index (Phi) is 4.60. The summed E-state index contributed by atoms with van der Waals surface area (Å²) < 4.78 is 0. The van der Waals surface area contributed by atoms with Gasteiger partial charge in [-0.1, -0.05) is 17.7 Å². The summed E-state index contributed by atoms with van der Waals surface area (Å²) in [6.45, 7) is 5.87. The summed E-state index contributed by atoms with van der Waals surface area (Å²) in [5, 5.41) is 4.11. The molecule has 5 aliphatic rings. The monoisotopic (exact) mass is 387 g/mol. The largest absolute Gasteiger partial charge is 0.369 e. The summed E-state index contributed by atoms with van der Waals surface area (Å²) in [7, 11) is 0. The van der Waals surface area contributed by atoms with Crippen molar-refractivity contribution in [2.75, 3.05) is 44.2 Å². The Balaban J connectivity index is 1.08. The zero-order chi connectivity index (χ0) is 18.4. The molecule has 2 unspecified atom stereocenters. The van der Waals surface area contributed by atoms with Crippen molar-refractivity contribution in [3.8, 4) is 0 Å². The van der Waals surface area contributed by atoms with Crippen molar-refractivity contribution < 1.29 is 4.79 Å². The van der Waals surface area contributed by atoms with E-state index in [1.54, 1.807) is 0 Å². The maximum Gasteiger partial charge on any atom is 0.226 e. The maximum absolute atomic E-state index is 13.0. The third-order valence-electron chi connectivity index (χ3n) is 7.70. The third kappa shape index (κ3) is 3.25. The van der Waals surface area contributed by atoms with Crippen LogP contribution in [0.15, 0.2) is 24.3 Å². The van der Waals surface area contributed by atoms with Crippen LogP contribution in [0.2, 0.25) is 5.02 Å². The van der Waals surface area contributed by atoms with Crippen molar-refractivity contribution in [3.05, 3.63) is 29.3 Å². The topological polar surface area (TPSA) is 35.6 Å². The van der Waals surface area contributed by atoms with E-state index in [1.165, 1.54) is 24.9 Å². The summed E-state index contributed by atoms with van der Waals surface area (Å²) >= 11 is 6.12. The minimum atomic E-state index is 0.0128. The van der Waals surface area contributed by atoms with E-state index >= 15 is 0 Å². The van der Waals surface area contributed by atoms with E-state index in [0.717, 1.165) is 69.0 Å². The van der Waals surface area contributed by atoms with Crippen LogP contribution in [0, 0.1) is 23.2 Å². The molecule has 1 N–H and O–H groups in total. The highest BCUT2D eigenvalue weighted by molar-refractivity contribution is 6.30. The van der Waals surface area contributed by atoms with Crippen LogP contribution < -0.4 is 10.2 Å². The number of hydrogen-bond acceptors (Lipinski definition) is 3. The zero-order valence-corrected chi connectivity index (χ0v) is 16.8. The first kappa shape index (κ1) is 17.8. The minimum absolute atomic E-state index is 0.0128. The lowest BCUT2D eigenvalue weighted by atomic mass is 9.75. The average Bonchev–Trinajstić information content (AvgIpc) is 3.07. The zero-order valence-electron chi connectivity index (χ0n) is 16.0. The summed E-state index contributed by atoms with van der Waals surface area (Å²) in [5.41, 5.74) is 1.22. The van der Waals surface area contributed by atoms with Crippen LogP contribution in [-0.4, -0.2) is 50.1 Å². The van der Waals surface area contributed by atoms with E-state index in [2.05, 4.69) is 21.2 Å². The van der Waals surface area contributed by atoms with Gasteiger partial charge in [-0.05, 0) is 68.1 Å². The quantitative estimate of drug-likeness (QED) is 0.841. The highest BCUT2D eigenvalue weighted by atomic mass is 35.5. The fraction of sp³-hybridized carbons (Fsp3) is 0.682. The Morgan fingerprint density at radius 1 is 1.11 bits per heavy atom. The predicted molar refractivity (Wildman–Crippen MR) is 109 cm³/mol. The molecule has 1 saturated heterocycles. The number of amides is 1. The Hall–Kier alpha value is -1.26. The molecule has 5 fully saturated rings. The molecule has 146 valence electrons. The van der Waals surface area contributed by atoms with Crippen LogP contribution in [0.1, 0.15) is 32.1 Å². The van der Waals surface area contributed by atoms with Gasteiger partial charge in [0.25, 0.3) is 0 Å². The number of carbonyl (C=O) groups excluding carboxylic acids is 1. The van der Waals surface area contributed by atoms with Gasteiger partial charge < -0.3 is 10.2 Å². The molecule has 4 nitrogen and oxygen atoms in total.